The summed E-state index contributed by atoms with van der Waals surface area (Å²) in [5.74, 6) is -0.591. The molecule has 0 amide bonds. The molecule has 3 rings (SSSR count). The summed E-state index contributed by atoms with van der Waals surface area (Å²) in [6.07, 6.45) is 1.81. The smallest absolute Gasteiger partial charge is 0.244 e. The van der Waals surface area contributed by atoms with Gasteiger partial charge in [0.05, 0.1) is 5.52 Å². The second-order valence-corrected chi connectivity index (χ2v) is 4.62. The molecule has 0 spiro atoms. The van der Waals surface area contributed by atoms with Crippen molar-refractivity contribution in [3.05, 3.63) is 53.8 Å². The second kappa shape index (κ2) is 4.94. The lowest BCUT2D eigenvalue weighted by Gasteiger charge is -1.98. The number of fused-ring (bicyclic) bond motifs is 1. The molecule has 1 heterocycles. The fourth-order valence-corrected chi connectivity index (χ4v) is 2.24. The topological polar surface area (TPSA) is 52.0 Å². The molecular weight excluding hydrogens is 271 g/mol. The number of halogens is 1. The number of benzene rings is 2. The van der Waals surface area contributed by atoms with Gasteiger partial charge in [-0.25, -0.2) is 4.39 Å². The highest BCUT2D eigenvalue weighted by Gasteiger charge is 2.15. The fraction of sp³-hybridized carbons (Fsp3) is 0.0625. The Morgan fingerprint density at radius 2 is 1.90 bits per heavy atom. The summed E-state index contributed by atoms with van der Waals surface area (Å²) < 4.78 is 14.3. The maximum absolute atomic E-state index is 13.0. The first-order valence-electron chi connectivity index (χ1n) is 6.28. The molecule has 0 saturated heterocycles. The number of aromatic nitrogens is 2. The quantitative estimate of drug-likeness (QED) is 0.725. The Balaban J connectivity index is 2.32. The molecule has 1 radical (unpaired) electrons. The van der Waals surface area contributed by atoms with Gasteiger partial charge >= 0.3 is 0 Å². The first-order chi connectivity index (χ1) is 10.1. The van der Waals surface area contributed by atoms with Crippen molar-refractivity contribution in [2.24, 2.45) is 0 Å². The molecule has 0 unspecified atom stereocenters. The lowest BCUT2D eigenvalue weighted by atomic mass is 10.1. The number of carbonyl (C=O) groups excluding carboxylic acids is 2. The Labute approximate surface area is 119 Å². The molecule has 3 aromatic rings. The van der Waals surface area contributed by atoms with Crippen LogP contribution in [0.1, 0.15) is 17.3 Å². The summed E-state index contributed by atoms with van der Waals surface area (Å²) in [4.78, 5) is 22.5. The van der Waals surface area contributed by atoms with E-state index in [1.165, 1.54) is 23.7 Å². The number of hydrogen-bond donors (Lipinski definition) is 0. The van der Waals surface area contributed by atoms with Crippen LogP contribution >= 0.6 is 0 Å². The first-order valence-corrected chi connectivity index (χ1v) is 6.28. The molecule has 0 N–H and O–H groups in total. The first kappa shape index (κ1) is 13.2. The Morgan fingerprint density at radius 3 is 2.52 bits per heavy atom. The number of rotatable bonds is 2. The molecular formula is C16H10FN2O2. The summed E-state index contributed by atoms with van der Waals surface area (Å²) in [6, 6.07) is 10.7. The molecule has 0 aliphatic heterocycles. The Morgan fingerprint density at radius 1 is 1.19 bits per heavy atom. The molecule has 0 aliphatic carbocycles. The van der Waals surface area contributed by atoms with Crippen molar-refractivity contribution in [1.29, 1.82) is 0 Å². The lowest BCUT2D eigenvalue weighted by Crippen LogP contribution is -2.07. The van der Waals surface area contributed by atoms with Crippen LogP contribution in [-0.4, -0.2) is 22.0 Å². The van der Waals surface area contributed by atoms with E-state index >= 15 is 0 Å². The standard InChI is InChI=1S/C16H10FN2O2/c1-10(21)19-15-7-2-11(9-20)8-14(15)16(18-19)12-3-5-13(17)6-4-12/h2-8H,1H3. The van der Waals surface area contributed by atoms with E-state index < -0.39 is 0 Å². The van der Waals surface area contributed by atoms with Gasteiger partial charge in [0.1, 0.15) is 11.5 Å². The third-order valence-electron chi connectivity index (χ3n) is 3.21. The summed E-state index contributed by atoms with van der Waals surface area (Å²) in [5.41, 5.74) is 2.16. The van der Waals surface area contributed by atoms with Gasteiger partial charge in [0.25, 0.3) is 0 Å². The van der Waals surface area contributed by atoms with Crippen molar-refractivity contribution in [3.63, 3.8) is 0 Å². The van der Waals surface area contributed by atoms with Crippen LogP contribution in [0, 0.1) is 5.82 Å². The molecule has 5 heteroatoms. The number of carbonyl (C=O) groups is 1. The van der Waals surface area contributed by atoms with Crippen LogP contribution in [0.2, 0.25) is 0 Å². The van der Waals surface area contributed by atoms with Crippen LogP contribution in [-0.2, 0) is 4.79 Å². The van der Waals surface area contributed by atoms with Gasteiger partial charge in [-0.05, 0) is 42.5 Å². The largest absolute Gasteiger partial charge is 0.285 e. The van der Waals surface area contributed by atoms with Crippen molar-refractivity contribution in [2.45, 2.75) is 6.92 Å². The van der Waals surface area contributed by atoms with E-state index in [1.807, 2.05) is 6.29 Å². The zero-order chi connectivity index (χ0) is 15.0. The van der Waals surface area contributed by atoms with Gasteiger partial charge in [-0.3, -0.25) is 9.59 Å². The van der Waals surface area contributed by atoms with E-state index in [2.05, 4.69) is 5.10 Å². The molecule has 2 aromatic carbocycles. The second-order valence-electron chi connectivity index (χ2n) is 4.62. The van der Waals surface area contributed by atoms with Gasteiger partial charge in [0.2, 0.25) is 12.2 Å². The summed E-state index contributed by atoms with van der Waals surface area (Å²) in [5, 5.41) is 4.93. The normalized spacial score (nSPS) is 10.8. The molecule has 0 aliphatic rings. The minimum atomic E-state index is -0.351. The monoisotopic (exact) mass is 281 g/mol. The van der Waals surface area contributed by atoms with Crippen LogP contribution < -0.4 is 0 Å². The Hall–Kier alpha value is -2.82. The Bertz CT molecular complexity index is 851. The highest BCUT2D eigenvalue weighted by Crippen LogP contribution is 2.28. The summed E-state index contributed by atoms with van der Waals surface area (Å²) >= 11 is 0. The van der Waals surface area contributed by atoms with E-state index in [9.17, 15) is 14.0 Å². The van der Waals surface area contributed by atoms with Gasteiger partial charge < -0.3 is 0 Å². The van der Waals surface area contributed by atoms with E-state index in [0.29, 0.717) is 27.7 Å². The van der Waals surface area contributed by atoms with Crippen LogP contribution in [0.15, 0.2) is 42.5 Å². The molecule has 0 saturated carbocycles. The molecule has 1 aromatic heterocycles. The van der Waals surface area contributed by atoms with E-state index in [4.69, 9.17) is 0 Å². The minimum Gasteiger partial charge on any atom is -0.285 e. The third kappa shape index (κ3) is 2.23. The van der Waals surface area contributed by atoms with Crippen molar-refractivity contribution >= 4 is 23.1 Å². The van der Waals surface area contributed by atoms with Gasteiger partial charge in [-0.2, -0.15) is 9.78 Å². The number of hydrogen-bond acceptors (Lipinski definition) is 3. The predicted molar refractivity (Wildman–Crippen MR) is 76.2 cm³/mol. The molecule has 21 heavy (non-hydrogen) atoms. The maximum atomic E-state index is 13.0. The maximum Gasteiger partial charge on any atom is 0.244 e. The van der Waals surface area contributed by atoms with E-state index in [0.717, 1.165) is 0 Å². The highest BCUT2D eigenvalue weighted by molar-refractivity contribution is 6.00. The summed E-state index contributed by atoms with van der Waals surface area (Å²) in [6.45, 7) is 1.40. The van der Waals surface area contributed by atoms with Gasteiger partial charge in [0, 0.05) is 23.4 Å². The average Bonchev–Trinajstić information content (AvgIpc) is 2.87. The van der Waals surface area contributed by atoms with Crippen LogP contribution in [0.25, 0.3) is 22.2 Å². The van der Waals surface area contributed by atoms with Crippen molar-refractivity contribution in [3.8, 4) is 11.3 Å². The highest BCUT2D eigenvalue weighted by atomic mass is 19.1. The van der Waals surface area contributed by atoms with Gasteiger partial charge in [-0.15, -0.1) is 0 Å². The molecule has 103 valence electrons. The van der Waals surface area contributed by atoms with Crippen molar-refractivity contribution in [1.82, 2.24) is 9.78 Å². The molecule has 0 atom stereocenters. The van der Waals surface area contributed by atoms with Crippen LogP contribution in [0.4, 0.5) is 4.39 Å². The van der Waals surface area contributed by atoms with E-state index in [1.54, 1.807) is 30.3 Å². The number of nitrogens with zero attached hydrogens (tertiary/aromatic N) is 2. The zero-order valence-corrected chi connectivity index (χ0v) is 11.1. The summed E-state index contributed by atoms with van der Waals surface area (Å²) in [7, 11) is 0. The third-order valence-corrected chi connectivity index (χ3v) is 3.21. The predicted octanol–water partition coefficient (Wildman–Crippen LogP) is 2.96. The molecule has 0 fully saturated rings. The van der Waals surface area contributed by atoms with E-state index in [-0.39, 0.29) is 11.7 Å². The van der Waals surface area contributed by atoms with Crippen LogP contribution in [0.3, 0.4) is 0 Å². The SMILES string of the molecule is CC(=O)n1nc(-c2ccc(F)cc2)c2cc([C]=O)ccc21. The lowest BCUT2D eigenvalue weighted by molar-refractivity contribution is 0.0927. The minimum absolute atomic E-state index is 0.240. The fourth-order valence-electron chi connectivity index (χ4n) is 2.24. The van der Waals surface area contributed by atoms with Crippen LogP contribution in [0.5, 0.6) is 0 Å². The zero-order valence-electron chi connectivity index (χ0n) is 11.1. The Kier molecular flexibility index (Phi) is 3.10. The van der Waals surface area contributed by atoms with Gasteiger partial charge in [-0.1, -0.05) is 0 Å². The molecule has 0 bridgehead atoms. The molecule has 4 nitrogen and oxygen atoms in total. The van der Waals surface area contributed by atoms with Gasteiger partial charge in [0.15, 0.2) is 0 Å². The average molecular weight is 281 g/mol. The van der Waals surface area contributed by atoms with Crippen molar-refractivity contribution < 1.29 is 14.0 Å². The van der Waals surface area contributed by atoms with Crippen molar-refractivity contribution in [2.75, 3.05) is 0 Å².